The summed E-state index contributed by atoms with van der Waals surface area (Å²) in [6.45, 7) is 4.98. The molecular formula is C15H19N3O3. The average Bonchev–Trinajstić information content (AvgIpc) is 2.84. The van der Waals surface area contributed by atoms with Gasteiger partial charge in [-0.25, -0.2) is 0 Å². The maximum absolute atomic E-state index is 11.4. The van der Waals surface area contributed by atoms with Gasteiger partial charge in [0, 0.05) is 25.7 Å². The third-order valence-corrected chi connectivity index (χ3v) is 3.35. The van der Waals surface area contributed by atoms with Crippen molar-refractivity contribution in [1.29, 1.82) is 0 Å². The summed E-state index contributed by atoms with van der Waals surface area (Å²) in [6.07, 6.45) is 1.63. The number of hydrogen-bond donors (Lipinski definition) is 1. The van der Waals surface area contributed by atoms with Crippen LogP contribution in [0.3, 0.4) is 0 Å². The number of aryl methyl sites for hydroxylation is 1. The van der Waals surface area contributed by atoms with Crippen LogP contribution in [-0.2, 0) is 6.54 Å². The van der Waals surface area contributed by atoms with Crippen LogP contribution >= 0.6 is 0 Å². The Labute approximate surface area is 123 Å². The zero-order valence-electron chi connectivity index (χ0n) is 12.4. The summed E-state index contributed by atoms with van der Waals surface area (Å²) in [5, 5.41) is 14.4. The first kappa shape index (κ1) is 14.9. The largest absolute Gasteiger partial charge is 0.469 e. The molecule has 6 heteroatoms. The van der Waals surface area contributed by atoms with Crippen molar-refractivity contribution in [2.75, 3.05) is 23.8 Å². The molecule has 112 valence electrons. The molecule has 2 aromatic rings. The average molecular weight is 289 g/mol. The van der Waals surface area contributed by atoms with E-state index in [-0.39, 0.29) is 10.6 Å². The number of anilines is 2. The topological polar surface area (TPSA) is 71.5 Å². The molecule has 2 rings (SSSR count). The highest BCUT2D eigenvalue weighted by molar-refractivity contribution is 5.76. The van der Waals surface area contributed by atoms with Gasteiger partial charge in [0.15, 0.2) is 0 Å². The fourth-order valence-electron chi connectivity index (χ4n) is 2.28. The van der Waals surface area contributed by atoms with Crippen LogP contribution in [0.15, 0.2) is 34.9 Å². The second-order valence-electron chi connectivity index (χ2n) is 4.82. The Morgan fingerprint density at radius 3 is 2.71 bits per heavy atom. The lowest BCUT2D eigenvalue weighted by Crippen LogP contribution is -2.18. The highest BCUT2D eigenvalue weighted by Crippen LogP contribution is 2.35. The molecule has 1 aromatic carbocycles. The van der Waals surface area contributed by atoms with Crippen molar-refractivity contribution in [2.24, 2.45) is 0 Å². The number of nitro benzene ring substituents is 1. The van der Waals surface area contributed by atoms with Gasteiger partial charge in [0.05, 0.1) is 11.2 Å². The fourth-order valence-corrected chi connectivity index (χ4v) is 2.28. The van der Waals surface area contributed by atoms with Gasteiger partial charge in [-0.2, -0.15) is 0 Å². The van der Waals surface area contributed by atoms with Gasteiger partial charge in [0.1, 0.15) is 17.1 Å². The van der Waals surface area contributed by atoms with E-state index in [1.807, 2.05) is 37.9 Å². The van der Waals surface area contributed by atoms with Crippen molar-refractivity contribution >= 4 is 17.1 Å². The monoisotopic (exact) mass is 289 g/mol. The second-order valence-corrected chi connectivity index (χ2v) is 4.82. The van der Waals surface area contributed by atoms with Crippen molar-refractivity contribution in [2.45, 2.75) is 20.4 Å². The number of nitrogens with one attached hydrogen (secondary N) is 1. The zero-order valence-corrected chi connectivity index (χ0v) is 12.4. The quantitative estimate of drug-likeness (QED) is 0.650. The molecule has 1 N–H and O–H groups in total. The molecule has 0 atom stereocenters. The number of hydrogen-bond acceptors (Lipinski definition) is 5. The van der Waals surface area contributed by atoms with Crippen molar-refractivity contribution in [3.05, 3.63) is 52.0 Å². The molecule has 0 unspecified atom stereocenters. The van der Waals surface area contributed by atoms with E-state index in [0.717, 1.165) is 11.3 Å². The number of nitrogens with zero attached hydrogens (tertiary/aromatic N) is 2. The first-order valence-electron chi connectivity index (χ1n) is 6.80. The Kier molecular flexibility index (Phi) is 4.47. The van der Waals surface area contributed by atoms with Gasteiger partial charge in [-0.15, -0.1) is 0 Å². The van der Waals surface area contributed by atoms with Crippen molar-refractivity contribution in [1.82, 2.24) is 0 Å². The first-order valence-corrected chi connectivity index (χ1v) is 6.80. The van der Waals surface area contributed by atoms with E-state index >= 15 is 0 Å². The number of furan rings is 1. The van der Waals surface area contributed by atoms with E-state index < -0.39 is 0 Å². The SMILES string of the molecule is CCNc1cccc(N(C)Cc2ccoc2C)c1[N+](=O)[O-]. The van der Waals surface area contributed by atoms with Gasteiger partial charge in [-0.1, -0.05) is 6.07 Å². The molecule has 0 aliphatic heterocycles. The van der Waals surface area contributed by atoms with E-state index in [4.69, 9.17) is 4.42 Å². The Morgan fingerprint density at radius 2 is 2.14 bits per heavy atom. The Morgan fingerprint density at radius 1 is 1.38 bits per heavy atom. The molecule has 0 amide bonds. The van der Waals surface area contributed by atoms with Gasteiger partial charge < -0.3 is 14.6 Å². The predicted molar refractivity (Wildman–Crippen MR) is 82.8 cm³/mol. The van der Waals surface area contributed by atoms with Crippen LogP contribution in [0, 0.1) is 17.0 Å². The molecule has 0 aliphatic rings. The summed E-state index contributed by atoms with van der Waals surface area (Å²) < 4.78 is 5.27. The molecule has 0 saturated carbocycles. The van der Waals surface area contributed by atoms with Gasteiger partial charge in [0.25, 0.3) is 0 Å². The molecule has 0 bridgehead atoms. The van der Waals surface area contributed by atoms with Crippen LogP contribution < -0.4 is 10.2 Å². The van der Waals surface area contributed by atoms with E-state index in [9.17, 15) is 10.1 Å². The lowest BCUT2D eigenvalue weighted by Gasteiger charge is -2.20. The molecule has 1 heterocycles. The van der Waals surface area contributed by atoms with Crippen LogP contribution in [0.1, 0.15) is 18.2 Å². The minimum atomic E-state index is -0.341. The number of benzene rings is 1. The van der Waals surface area contributed by atoms with Crippen LogP contribution in [0.25, 0.3) is 0 Å². The van der Waals surface area contributed by atoms with Gasteiger partial charge in [0.2, 0.25) is 0 Å². The third kappa shape index (κ3) is 3.16. The summed E-state index contributed by atoms with van der Waals surface area (Å²) in [7, 11) is 1.84. The molecule has 6 nitrogen and oxygen atoms in total. The molecule has 0 saturated heterocycles. The van der Waals surface area contributed by atoms with Crippen molar-refractivity contribution < 1.29 is 9.34 Å². The van der Waals surface area contributed by atoms with Crippen molar-refractivity contribution in [3.63, 3.8) is 0 Å². The molecule has 21 heavy (non-hydrogen) atoms. The van der Waals surface area contributed by atoms with Crippen LogP contribution in [0.4, 0.5) is 17.1 Å². The highest BCUT2D eigenvalue weighted by Gasteiger charge is 2.22. The summed E-state index contributed by atoms with van der Waals surface area (Å²) >= 11 is 0. The van der Waals surface area contributed by atoms with Crippen molar-refractivity contribution in [3.8, 4) is 0 Å². The fraction of sp³-hybridized carbons (Fsp3) is 0.333. The standard InChI is InChI=1S/C15H19N3O3/c1-4-16-13-6-5-7-14(15(13)18(19)20)17(3)10-12-8-9-21-11(12)2/h5-9,16H,4,10H2,1-3H3. The predicted octanol–water partition coefficient (Wildman–Crippen LogP) is 3.56. The van der Waals surface area contributed by atoms with Gasteiger partial charge in [-0.05, 0) is 32.0 Å². The summed E-state index contributed by atoms with van der Waals surface area (Å²) in [4.78, 5) is 12.9. The Balaban J connectivity index is 2.36. The second kappa shape index (κ2) is 6.30. The zero-order chi connectivity index (χ0) is 15.4. The third-order valence-electron chi connectivity index (χ3n) is 3.35. The number of rotatable bonds is 6. The van der Waals surface area contributed by atoms with Crippen LogP contribution in [0.5, 0.6) is 0 Å². The smallest absolute Gasteiger partial charge is 0.315 e. The van der Waals surface area contributed by atoms with E-state index in [0.29, 0.717) is 24.5 Å². The maximum Gasteiger partial charge on any atom is 0.315 e. The molecule has 1 aromatic heterocycles. The minimum Gasteiger partial charge on any atom is -0.469 e. The van der Waals surface area contributed by atoms with Gasteiger partial charge in [-0.3, -0.25) is 10.1 Å². The summed E-state index contributed by atoms with van der Waals surface area (Å²) in [6, 6.07) is 7.18. The molecule has 0 spiro atoms. The molecule has 0 fully saturated rings. The lowest BCUT2D eigenvalue weighted by atomic mass is 10.2. The van der Waals surface area contributed by atoms with E-state index in [1.54, 1.807) is 18.4 Å². The molecule has 0 radical (unpaired) electrons. The van der Waals surface area contributed by atoms with E-state index in [2.05, 4.69) is 5.32 Å². The van der Waals surface area contributed by atoms with Crippen LogP contribution in [-0.4, -0.2) is 18.5 Å². The maximum atomic E-state index is 11.4. The summed E-state index contributed by atoms with van der Waals surface area (Å²) in [5.74, 6) is 0.826. The normalized spacial score (nSPS) is 10.4. The number of para-hydroxylation sites is 1. The van der Waals surface area contributed by atoms with Gasteiger partial charge >= 0.3 is 5.69 Å². The molecule has 0 aliphatic carbocycles. The lowest BCUT2D eigenvalue weighted by molar-refractivity contribution is -0.383. The Bertz CT molecular complexity index is 637. The minimum absolute atomic E-state index is 0.1000. The first-order chi connectivity index (χ1) is 10.0. The number of nitro groups is 1. The molecular weight excluding hydrogens is 270 g/mol. The van der Waals surface area contributed by atoms with Crippen LogP contribution in [0.2, 0.25) is 0 Å². The highest BCUT2D eigenvalue weighted by atomic mass is 16.6. The summed E-state index contributed by atoms with van der Waals surface area (Å²) in [5.41, 5.74) is 2.23. The Hall–Kier alpha value is -2.50. The van der Waals surface area contributed by atoms with E-state index in [1.165, 1.54) is 0 Å².